The zero-order valence-corrected chi connectivity index (χ0v) is 24.6. The standard InChI is InChI=1S/C34H41ClN2O3/c1-34(2,3)28-19-11-13-21-31(28)40-24-32(38)37(23-26-16-10-12-20-29(26)35)30(22-25-14-6-4-7-15-25)33(39)36-27-17-8-5-9-18-27/h4,6-7,10-16,19-21,27,30H,5,8-9,17-18,22-24H2,1-3H3,(H,36,39)/t30-/m0/s1. The number of carbonyl (C=O) groups excluding carboxylic acids is 2. The molecule has 0 aromatic heterocycles. The molecule has 1 saturated carbocycles. The summed E-state index contributed by atoms with van der Waals surface area (Å²) in [4.78, 5) is 29.6. The molecule has 1 aliphatic rings. The van der Waals surface area contributed by atoms with Crippen molar-refractivity contribution in [2.24, 2.45) is 0 Å². The molecule has 3 aromatic rings. The van der Waals surface area contributed by atoms with Crippen molar-refractivity contribution in [2.45, 2.75) is 83.3 Å². The molecule has 6 heteroatoms. The van der Waals surface area contributed by atoms with Gasteiger partial charge in [-0.3, -0.25) is 9.59 Å². The van der Waals surface area contributed by atoms with Crippen molar-refractivity contribution in [1.29, 1.82) is 0 Å². The first-order valence-corrected chi connectivity index (χ1v) is 14.7. The molecule has 212 valence electrons. The van der Waals surface area contributed by atoms with Gasteiger partial charge in [0.2, 0.25) is 5.91 Å². The highest BCUT2D eigenvalue weighted by molar-refractivity contribution is 6.31. The fraction of sp³-hybridized carbons (Fsp3) is 0.412. The van der Waals surface area contributed by atoms with Crippen LogP contribution in [-0.4, -0.2) is 35.4 Å². The van der Waals surface area contributed by atoms with E-state index in [0.29, 0.717) is 17.2 Å². The van der Waals surface area contributed by atoms with Crippen LogP contribution in [0.2, 0.25) is 5.02 Å². The third kappa shape index (κ3) is 8.11. The molecule has 5 nitrogen and oxygen atoms in total. The summed E-state index contributed by atoms with van der Waals surface area (Å²) < 4.78 is 6.15. The first-order valence-electron chi connectivity index (χ1n) is 14.3. The van der Waals surface area contributed by atoms with E-state index >= 15 is 0 Å². The topological polar surface area (TPSA) is 58.6 Å². The van der Waals surface area contributed by atoms with Crippen molar-refractivity contribution in [2.75, 3.05) is 6.61 Å². The van der Waals surface area contributed by atoms with Crippen LogP contribution < -0.4 is 10.1 Å². The number of hydrogen-bond donors (Lipinski definition) is 1. The maximum atomic E-state index is 14.0. The molecule has 1 aliphatic carbocycles. The van der Waals surface area contributed by atoms with Crippen molar-refractivity contribution in [1.82, 2.24) is 10.2 Å². The van der Waals surface area contributed by atoms with Gasteiger partial charge in [-0.25, -0.2) is 0 Å². The molecule has 0 unspecified atom stereocenters. The van der Waals surface area contributed by atoms with E-state index in [2.05, 4.69) is 26.1 Å². The van der Waals surface area contributed by atoms with E-state index in [1.165, 1.54) is 6.42 Å². The van der Waals surface area contributed by atoms with Crippen molar-refractivity contribution in [3.05, 3.63) is 101 Å². The van der Waals surface area contributed by atoms with Crippen LogP contribution in [0.1, 0.15) is 69.6 Å². The number of para-hydroxylation sites is 1. The first-order chi connectivity index (χ1) is 19.2. The first kappa shape index (κ1) is 29.7. The lowest BCUT2D eigenvalue weighted by Crippen LogP contribution is -2.53. The number of nitrogens with zero attached hydrogens (tertiary/aromatic N) is 1. The number of benzene rings is 3. The number of halogens is 1. The minimum absolute atomic E-state index is 0.131. The van der Waals surface area contributed by atoms with Gasteiger partial charge < -0.3 is 15.0 Å². The zero-order valence-electron chi connectivity index (χ0n) is 23.9. The van der Waals surface area contributed by atoms with Gasteiger partial charge in [0.15, 0.2) is 6.61 Å². The van der Waals surface area contributed by atoms with Crippen LogP contribution in [0.4, 0.5) is 0 Å². The molecule has 0 heterocycles. The van der Waals surface area contributed by atoms with Gasteiger partial charge >= 0.3 is 0 Å². The highest BCUT2D eigenvalue weighted by Gasteiger charge is 2.33. The Morgan fingerprint density at radius 3 is 2.27 bits per heavy atom. The molecule has 2 amide bonds. The maximum Gasteiger partial charge on any atom is 0.261 e. The quantitative estimate of drug-likeness (QED) is 0.287. The van der Waals surface area contributed by atoms with E-state index in [-0.39, 0.29) is 36.4 Å². The smallest absolute Gasteiger partial charge is 0.261 e. The highest BCUT2D eigenvalue weighted by atomic mass is 35.5. The second-order valence-electron chi connectivity index (χ2n) is 11.7. The molecule has 0 bridgehead atoms. The molecular weight excluding hydrogens is 520 g/mol. The molecule has 0 aliphatic heterocycles. The third-order valence-electron chi connectivity index (χ3n) is 7.57. The molecule has 40 heavy (non-hydrogen) atoms. The van der Waals surface area contributed by atoms with E-state index in [9.17, 15) is 9.59 Å². The molecular formula is C34H41ClN2O3. The van der Waals surface area contributed by atoms with Crippen molar-refractivity contribution in [3.8, 4) is 5.75 Å². The Morgan fingerprint density at radius 2 is 1.57 bits per heavy atom. The van der Waals surface area contributed by atoms with E-state index in [4.69, 9.17) is 16.3 Å². The second-order valence-corrected chi connectivity index (χ2v) is 12.1. The molecule has 1 N–H and O–H groups in total. The lowest BCUT2D eigenvalue weighted by molar-refractivity contribution is -0.143. The lowest BCUT2D eigenvalue weighted by atomic mass is 9.86. The van der Waals surface area contributed by atoms with Crippen LogP contribution in [0.3, 0.4) is 0 Å². The number of rotatable bonds is 10. The highest BCUT2D eigenvalue weighted by Crippen LogP contribution is 2.31. The van der Waals surface area contributed by atoms with Gasteiger partial charge in [-0.05, 0) is 47.1 Å². The Kier molecular flexibility index (Phi) is 10.3. The van der Waals surface area contributed by atoms with E-state index in [1.54, 1.807) is 4.90 Å². The van der Waals surface area contributed by atoms with Crippen LogP contribution in [0.5, 0.6) is 5.75 Å². The zero-order chi connectivity index (χ0) is 28.5. The Balaban J connectivity index is 1.64. The Morgan fingerprint density at radius 1 is 0.925 bits per heavy atom. The molecule has 0 radical (unpaired) electrons. The largest absolute Gasteiger partial charge is 0.483 e. The van der Waals surface area contributed by atoms with Crippen LogP contribution >= 0.6 is 11.6 Å². The number of ether oxygens (including phenoxy) is 1. The monoisotopic (exact) mass is 560 g/mol. The summed E-state index contributed by atoms with van der Waals surface area (Å²) in [5.74, 6) is 0.280. The van der Waals surface area contributed by atoms with Crippen molar-refractivity contribution >= 4 is 23.4 Å². The summed E-state index contributed by atoms with van der Waals surface area (Å²) in [5.41, 5.74) is 2.65. The third-order valence-corrected chi connectivity index (χ3v) is 7.94. The predicted molar refractivity (Wildman–Crippen MR) is 162 cm³/mol. The number of carbonyl (C=O) groups is 2. The van der Waals surface area contributed by atoms with Crippen LogP contribution in [0.15, 0.2) is 78.9 Å². The molecule has 0 saturated heterocycles. The molecule has 1 atom stereocenters. The Bertz CT molecular complexity index is 1270. The van der Waals surface area contributed by atoms with Crippen molar-refractivity contribution in [3.63, 3.8) is 0 Å². The van der Waals surface area contributed by atoms with E-state index < -0.39 is 6.04 Å². The lowest BCUT2D eigenvalue weighted by Gasteiger charge is -2.33. The fourth-order valence-electron chi connectivity index (χ4n) is 5.34. The minimum Gasteiger partial charge on any atom is -0.483 e. The normalized spacial score (nSPS) is 14.8. The predicted octanol–water partition coefficient (Wildman–Crippen LogP) is 7.11. The van der Waals surface area contributed by atoms with Gasteiger partial charge in [-0.1, -0.05) is 118 Å². The summed E-state index contributed by atoms with van der Waals surface area (Å²) in [5, 5.41) is 3.83. The summed E-state index contributed by atoms with van der Waals surface area (Å²) in [7, 11) is 0. The van der Waals surface area contributed by atoms with Gasteiger partial charge in [0.25, 0.3) is 5.91 Å². The SMILES string of the molecule is CC(C)(C)c1ccccc1OCC(=O)N(Cc1ccccc1Cl)[C@@H](Cc1ccccc1)C(=O)NC1CCCCC1. The van der Waals surface area contributed by atoms with Gasteiger partial charge in [0, 0.05) is 24.0 Å². The van der Waals surface area contributed by atoms with Gasteiger partial charge in [-0.15, -0.1) is 0 Å². The fourth-order valence-corrected chi connectivity index (χ4v) is 5.54. The molecule has 1 fully saturated rings. The maximum absolute atomic E-state index is 14.0. The van der Waals surface area contributed by atoms with E-state index in [1.807, 2.05) is 78.9 Å². The second kappa shape index (κ2) is 13.8. The summed E-state index contributed by atoms with van der Waals surface area (Å²) in [6.45, 7) is 6.38. The molecule has 0 spiro atoms. The van der Waals surface area contributed by atoms with Gasteiger partial charge in [-0.2, -0.15) is 0 Å². The Labute approximate surface area is 243 Å². The Hall–Kier alpha value is -3.31. The average Bonchev–Trinajstić information content (AvgIpc) is 2.95. The van der Waals surface area contributed by atoms with Crippen molar-refractivity contribution < 1.29 is 14.3 Å². The number of nitrogens with one attached hydrogen (secondary N) is 1. The summed E-state index contributed by atoms with van der Waals surface area (Å²) in [6, 6.07) is 24.5. The number of hydrogen-bond acceptors (Lipinski definition) is 3. The molecule has 3 aromatic carbocycles. The molecule has 4 rings (SSSR count). The van der Waals surface area contributed by atoms with Gasteiger partial charge in [0.05, 0.1) is 0 Å². The van der Waals surface area contributed by atoms with Crippen LogP contribution in [0, 0.1) is 0 Å². The number of amides is 2. The van der Waals surface area contributed by atoms with Crippen LogP contribution in [-0.2, 0) is 28.0 Å². The van der Waals surface area contributed by atoms with E-state index in [0.717, 1.165) is 42.4 Å². The summed E-state index contributed by atoms with van der Waals surface area (Å²) >= 11 is 6.55. The van der Waals surface area contributed by atoms with Crippen LogP contribution in [0.25, 0.3) is 0 Å². The summed E-state index contributed by atoms with van der Waals surface area (Å²) in [6.07, 6.45) is 5.75. The average molecular weight is 561 g/mol. The minimum atomic E-state index is -0.713. The van der Waals surface area contributed by atoms with Gasteiger partial charge in [0.1, 0.15) is 11.8 Å².